The molecule has 0 amide bonds. The van der Waals surface area contributed by atoms with Crippen molar-refractivity contribution >= 4 is 44.7 Å². The van der Waals surface area contributed by atoms with E-state index < -0.39 is 17.9 Å². The summed E-state index contributed by atoms with van der Waals surface area (Å²) in [5, 5.41) is 6.02. The van der Waals surface area contributed by atoms with Gasteiger partial charge < -0.3 is 4.74 Å². The Balaban J connectivity index is 1.92. The summed E-state index contributed by atoms with van der Waals surface area (Å²) in [6, 6.07) is 10.3. The van der Waals surface area contributed by atoms with Gasteiger partial charge in [-0.25, -0.2) is 4.79 Å². The van der Waals surface area contributed by atoms with Gasteiger partial charge in [0.1, 0.15) is 6.04 Å². The lowest BCUT2D eigenvalue weighted by Crippen LogP contribution is -2.37. The Kier molecular flexibility index (Phi) is 5.11. The van der Waals surface area contributed by atoms with Gasteiger partial charge in [-0.15, -0.1) is 11.3 Å². The molecule has 1 aliphatic rings. The Bertz CT molecular complexity index is 772. The molecule has 0 aliphatic carbocycles. The molecule has 1 aliphatic heterocycles. The minimum absolute atomic E-state index is 0.107. The van der Waals surface area contributed by atoms with E-state index in [1.165, 1.54) is 11.3 Å². The minimum Gasteiger partial charge on any atom is -0.461 e. The first-order valence-corrected chi connectivity index (χ1v) is 9.12. The number of rotatable bonds is 5. The van der Waals surface area contributed by atoms with E-state index in [9.17, 15) is 9.59 Å². The summed E-state index contributed by atoms with van der Waals surface area (Å²) >= 11 is 4.85. The second kappa shape index (κ2) is 7.27. The van der Waals surface area contributed by atoms with Gasteiger partial charge in [-0.3, -0.25) is 10.2 Å². The van der Waals surface area contributed by atoms with Crippen LogP contribution in [0.15, 0.2) is 51.4 Å². The van der Waals surface area contributed by atoms with Crippen molar-refractivity contribution in [2.24, 2.45) is 5.10 Å². The highest BCUT2D eigenvalue weighted by Crippen LogP contribution is 2.31. The van der Waals surface area contributed by atoms with Gasteiger partial charge in [-0.2, -0.15) is 5.10 Å². The quantitative estimate of drug-likeness (QED) is 0.610. The number of benzene rings is 1. The largest absolute Gasteiger partial charge is 0.461 e. The molecule has 0 saturated heterocycles. The standard InChI is InChI=1S/C17H15BrN2O3S/c1-2-23-17(22)15-13(12-4-3-9-24-12)14(19-20-15)16(21)10-5-7-11(18)8-6-10/h3-9,13-14,19H,2H2,1H3. The van der Waals surface area contributed by atoms with Gasteiger partial charge in [-0.05, 0) is 30.5 Å². The van der Waals surface area contributed by atoms with E-state index in [0.717, 1.165) is 9.35 Å². The molecule has 2 heterocycles. The molecule has 3 rings (SSSR count). The third kappa shape index (κ3) is 3.27. The van der Waals surface area contributed by atoms with Gasteiger partial charge in [0.2, 0.25) is 0 Å². The van der Waals surface area contributed by atoms with Gasteiger partial charge >= 0.3 is 5.97 Å². The molecule has 0 fully saturated rings. The molecule has 0 saturated carbocycles. The van der Waals surface area contributed by atoms with Gasteiger partial charge in [0, 0.05) is 14.9 Å². The zero-order valence-corrected chi connectivity index (χ0v) is 15.3. The van der Waals surface area contributed by atoms with Crippen molar-refractivity contribution < 1.29 is 14.3 Å². The number of halogens is 1. The van der Waals surface area contributed by atoms with Crippen LogP contribution in [0.25, 0.3) is 0 Å². The van der Waals surface area contributed by atoms with Crippen LogP contribution in [0.4, 0.5) is 0 Å². The summed E-state index contributed by atoms with van der Waals surface area (Å²) in [6.45, 7) is 2.01. The second-order valence-electron chi connectivity index (χ2n) is 5.19. The average Bonchev–Trinajstić information content (AvgIpc) is 3.24. The maximum Gasteiger partial charge on any atom is 0.355 e. The van der Waals surface area contributed by atoms with Crippen LogP contribution in [0, 0.1) is 0 Å². The fraction of sp³-hybridized carbons (Fsp3) is 0.235. The Hall–Kier alpha value is -1.99. The number of nitrogens with zero attached hydrogens (tertiary/aromatic N) is 1. The molecule has 0 radical (unpaired) electrons. The maximum atomic E-state index is 12.9. The molecular weight excluding hydrogens is 392 g/mol. The summed E-state index contributed by atoms with van der Waals surface area (Å²) < 4.78 is 5.98. The molecule has 1 aromatic carbocycles. The van der Waals surface area contributed by atoms with Gasteiger partial charge in [0.25, 0.3) is 0 Å². The van der Waals surface area contributed by atoms with Gasteiger partial charge in [0.05, 0.1) is 12.5 Å². The third-order valence-corrected chi connectivity index (χ3v) is 5.18. The second-order valence-corrected chi connectivity index (χ2v) is 7.08. The first-order valence-electron chi connectivity index (χ1n) is 7.45. The normalized spacial score (nSPS) is 19.5. The highest BCUT2D eigenvalue weighted by Gasteiger charge is 2.42. The van der Waals surface area contributed by atoms with E-state index in [1.54, 1.807) is 19.1 Å². The number of thiophene rings is 1. The number of carbonyl (C=O) groups is 2. The molecule has 0 spiro atoms. The highest BCUT2D eigenvalue weighted by atomic mass is 79.9. The van der Waals surface area contributed by atoms with E-state index in [0.29, 0.717) is 5.56 Å². The fourth-order valence-electron chi connectivity index (χ4n) is 2.59. The van der Waals surface area contributed by atoms with Crippen LogP contribution >= 0.6 is 27.3 Å². The topological polar surface area (TPSA) is 67.8 Å². The summed E-state index contributed by atoms with van der Waals surface area (Å²) in [5.74, 6) is -1.04. The molecule has 2 unspecified atom stereocenters. The van der Waals surface area contributed by atoms with Crippen LogP contribution in [-0.2, 0) is 9.53 Å². The van der Waals surface area contributed by atoms with Crippen molar-refractivity contribution in [3.05, 3.63) is 56.7 Å². The Labute approximate surface area is 151 Å². The number of Topliss-reactive ketones (excluding diaryl/α,β-unsaturated/α-hetero) is 1. The highest BCUT2D eigenvalue weighted by molar-refractivity contribution is 9.10. The van der Waals surface area contributed by atoms with E-state index in [4.69, 9.17) is 4.74 Å². The van der Waals surface area contributed by atoms with Crippen LogP contribution in [0.5, 0.6) is 0 Å². The Morgan fingerprint density at radius 3 is 2.67 bits per heavy atom. The van der Waals surface area contributed by atoms with Gasteiger partial charge in [0.15, 0.2) is 11.5 Å². The summed E-state index contributed by atoms with van der Waals surface area (Å²) in [6.07, 6.45) is 0. The lowest BCUT2D eigenvalue weighted by atomic mass is 9.89. The molecule has 2 aromatic rings. The molecule has 24 heavy (non-hydrogen) atoms. The minimum atomic E-state index is -0.621. The molecule has 124 valence electrons. The summed E-state index contributed by atoms with van der Waals surface area (Å²) in [4.78, 5) is 26.0. The molecule has 2 atom stereocenters. The number of esters is 1. The SMILES string of the molecule is CCOC(=O)C1=NNC(C(=O)c2ccc(Br)cc2)C1c1cccs1. The molecule has 5 nitrogen and oxygen atoms in total. The van der Waals surface area contributed by atoms with E-state index >= 15 is 0 Å². The van der Waals surface area contributed by atoms with E-state index in [1.807, 2.05) is 29.6 Å². The van der Waals surface area contributed by atoms with Crippen LogP contribution in [0.3, 0.4) is 0 Å². The van der Waals surface area contributed by atoms with Crippen LogP contribution in [0.2, 0.25) is 0 Å². The molecule has 0 bridgehead atoms. The van der Waals surface area contributed by atoms with Crippen molar-refractivity contribution in [3.8, 4) is 0 Å². The van der Waals surface area contributed by atoms with Crippen LogP contribution in [0.1, 0.15) is 28.1 Å². The van der Waals surface area contributed by atoms with E-state index in [-0.39, 0.29) is 18.1 Å². The predicted molar refractivity (Wildman–Crippen MR) is 96.5 cm³/mol. The first kappa shape index (κ1) is 16.9. The zero-order chi connectivity index (χ0) is 17.1. The molecular formula is C17H15BrN2O3S. The Morgan fingerprint density at radius 2 is 2.04 bits per heavy atom. The smallest absolute Gasteiger partial charge is 0.355 e. The average molecular weight is 407 g/mol. The van der Waals surface area contributed by atoms with Crippen molar-refractivity contribution in [3.63, 3.8) is 0 Å². The summed E-state index contributed by atoms with van der Waals surface area (Å²) in [5.41, 5.74) is 3.64. The fourth-order valence-corrected chi connectivity index (χ4v) is 3.72. The number of ether oxygens (including phenoxy) is 1. The monoisotopic (exact) mass is 406 g/mol. The van der Waals surface area contributed by atoms with Crippen molar-refractivity contribution in [1.29, 1.82) is 0 Å². The van der Waals surface area contributed by atoms with Gasteiger partial charge in [-0.1, -0.05) is 34.1 Å². The van der Waals surface area contributed by atoms with Crippen LogP contribution in [-0.4, -0.2) is 30.1 Å². The van der Waals surface area contributed by atoms with Crippen molar-refractivity contribution in [2.75, 3.05) is 6.61 Å². The predicted octanol–water partition coefficient (Wildman–Crippen LogP) is 3.37. The van der Waals surface area contributed by atoms with E-state index in [2.05, 4.69) is 26.5 Å². The lowest BCUT2D eigenvalue weighted by molar-refractivity contribution is -0.135. The third-order valence-electron chi connectivity index (χ3n) is 3.70. The number of hydrogen-bond acceptors (Lipinski definition) is 6. The number of hydrazone groups is 1. The summed E-state index contributed by atoms with van der Waals surface area (Å²) in [7, 11) is 0. The number of ketones is 1. The first-order chi connectivity index (χ1) is 11.6. The lowest BCUT2D eigenvalue weighted by Gasteiger charge is -2.18. The zero-order valence-electron chi connectivity index (χ0n) is 12.9. The molecule has 1 aromatic heterocycles. The number of hydrogen-bond donors (Lipinski definition) is 1. The maximum absolute atomic E-state index is 12.9. The molecule has 7 heteroatoms. The number of carbonyl (C=O) groups excluding carboxylic acids is 2. The Morgan fingerprint density at radius 1 is 1.29 bits per heavy atom. The van der Waals surface area contributed by atoms with Crippen molar-refractivity contribution in [1.82, 2.24) is 5.43 Å². The van der Waals surface area contributed by atoms with Crippen molar-refractivity contribution in [2.45, 2.75) is 18.9 Å². The number of nitrogens with one attached hydrogen (secondary N) is 1. The molecule has 1 N–H and O–H groups in total. The van der Waals surface area contributed by atoms with Crippen LogP contribution < -0.4 is 5.43 Å².